The molecule has 0 unspecified atom stereocenters. The average molecular weight is 445 g/mol. The lowest BCUT2D eigenvalue weighted by molar-refractivity contribution is -0.146. The highest BCUT2D eigenvalue weighted by Crippen LogP contribution is 2.35. The Bertz CT molecular complexity index is 1250. The van der Waals surface area contributed by atoms with Gasteiger partial charge in [-0.15, -0.1) is 10.2 Å². The fourth-order valence-electron chi connectivity index (χ4n) is 3.58. The number of benzene rings is 2. The number of alkyl halides is 3. The van der Waals surface area contributed by atoms with Gasteiger partial charge < -0.3 is 10.4 Å². The molecular formula is C21H18F3N5OS. The Morgan fingerprint density at radius 3 is 2.39 bits per heavy atom. The lowest BCUT2D eigenvalue weighted by Gasteiger charge is -2.10. The molecule has 0 bridgehead atoms. The van der Waals surface area contributed by atoms with Gasteiger partial charge in [0.25, 0.3) is 5.82 Å². The van der Waals surface area contributed by atoms with Crippen LogP contribution in [0.2, 0.25) is 0 Å². The number of fused-ring (bicyclic) bond motifs is 1. The Hall–Kier alpha value is -3.27. The van der Waals surface area contributed by atoms with E-state index in [-0.39, 0.29) is 16.7 Å². The number of aromatic nitrogens is 4. The van der Waals surface area contributed by atoms with Gasteiger partial charge in [-0.2, -0.15) is 13.2 Å². The van der Waals surface area contributed by atoms with E-state index in [1.165, 1.54) is 0 Å². The van der Waals surface area contributed by atoms with E-state index in [0.29, 0.717) is 16.8 Å². The molecule has 0 amide bonds. The van der Waals surface area contributed by atoms with Crippen molar-refractivity contribution in [1.29, 1.82) is 0 Å². The van der Waals surface area contributed by atoms with E-state index < -0.39 is 12.0 Å². The van der Waals surface area contributed by atoms with Gasteiger partial charge in [0.1, 0.15) is 0 Å². The zero-order chi connectivity index (χ0) is 22.2. The standard InChI is InChI=1S/C21H18F3N5OS/c1-2-28-15-11-7-6-10-14(15)17(18(28)13-8-4-3-5-9-13)16(30)12-31-20-27-26-19(29(20)25)21(22,23)24/h3-11H,2,12,25H2,1H3. The number of hydrogen-bond acceptors (Lipinski definition) is 5. The van der Waals surface area contributed by atoms with Crippen molar-refractivity contribution in [3.8, 4) is 11.3 Å². The zero-order valence-electron chi connectivity index (χ0n) is 16.4. The highest BCUT2D eigenvalue weighted by atomic mass is 32.2. The summed E-state index contributed by atoms with van der Waals surface area (Å²) in [6, 6.07) is 17.1. The van der Waals surface area contributed by atoms with Gasteiger partial charge in [0.15, 0.2) is 5.78 Å². The van der Waals surface area contributed by atoms with Crippen molar-refractivity contribution in [2.24, 2.45) is 0 Å². The first kappa shape index (κ1) is 21.0. The molecule has 0 saturated heterocycles. The van der Waals surface area contributed by atoms with Crippen LogP contribution in [0, 0.1) is 0 Å². The Balaban J connectivity index is 1.74. The first-order chi connectivity index (χ1) is 14.8. The monoisotopic (exact) mass is 445 g/mol. The van der Waals surface area contributed by atoms with Gasteiger partial charge in [0.05, 0.1) is 17.0 Å². The van der Waals surface area contributed by atoms with Gasteiger partial charge in [-0.3, -0.25) is 4.79 Å². The maximum Gasteiger partial charge on any atom is 0.453 e. The molecule has 0 spiro atoms. The van der Waals surface area contributed by atoms with Crippen LogP contribution >= 0.6 is 11.8 Å². The van der Waals surface area contributed by atoms with Gasteiger partial charge in [0.2, 0.25) is 5.16 Å². The number of carbonyl (C=O) groups is 1. The van der Waals surface area contributed by atoms with Crippen LogP contribution in [0.15, 0.2) is 59.8 Å². The van der Waals surface area contributed by atoms with Crippen LogP contribution in [-0.4, -0.2) is 31.0 Å². The van der Waals surface area contributed by atoms with Crippen LogP contribution in [0.1, 0.15) is 23.1 Å². The number of carbonyl (C=O) groups excluding carboxylic acids is 1. The van der Waals surface area contributed by atoms with Crippen LogP contribution in [0.5, 0.6) is 0 Å². The minimum atomic E-state index is -4.72. The first-order valence-corrected chi connectivity index (χ1v) is 10.4. The molecule has 0 radical (unpaired) electrons. The predicted molar refractivity (Wildman–Crippen MR) is 113 cm³/mol. The number of thioether (sulfide) groups is 1. The topological polar surface area (TPSA) is 78.7 Å². The lowest BCUT2D eigenvalue weighted by Crippen LogP contribution is -2.21. The second kappa shape index (κ2) is 8.10. The quantitative estimate of drug-likeness (QED) is 0.266. The summed E-state index contributed by atoms with van der Waals surface area (Å²) >= 11 is 0.822. The number of ketones is 1. The molecule has 2 N–H and O–H groups in total. The number of nitrogens with zero attached hydrogens (tertiary/aromatic N) is 4. The predicted octanol–water partition coefficient (Wildman–Crippen LogP) is 4.63. The van der Waals surface area contributed by atoms with E-state index in [2.05, 4.69) is 14.8 Å². The third-order valence-corrected chi connectivity index (χ3v) is 5.81. The second-order valence-corrected chi connectivity index (χ2v) is 7.68. The molecule has 6 nitrogen and oxygen atoms in total. The van der Waals surface area contributed by atoms with E-state index in [0.717, 1.165) is 33.9 Å². The normalized spacial score (nSPS) is 11.9. The Labute approximate surface area is 179 Å². The van der Waals surface area contributed by atoms with Gasteiger partial charge in [0, 0.05) is 17.4 Å². The molecule has 2 aromatic heterocycles. The Morgan fingerprint density at radius 2 is 1.74 bits per heavy atom. The van der Waals surface area contributed by atoms with Crippen molar-refractivity contribution < 1.29 is 18.0 Å². The Morgan fingerprint density at radius 1 is 1.06 bits per heavy atom. The SMILES string of the molecule is CCn1c(-c2ccccc2)c(C(=O)CSc2nnc(C(F)(F)F)n2N)c2ccccc21. The largest absolute Gasteiger partial charge is 0.453 e. The molecule has 31 heavy (non-hydrogen) atoms. The van der Waals surface area contributed by atoms with Crippen molar-refractivity contribution in [1.82, 2.24) is 19.4 Å². The third-order valence-electron chi connectivity index (χ3n) is 4.86. The van der Waals surface area contributed by atoms with Gasteiger partial charge in [-0.25, -0.2) is 4.68 Å². The lowest BCUT2D eigenvalue weighted by atomic mass is 10.0. The summed E-state index contributed by atoms with van der Waals surface area (Å²) in [5.41, 5.74) is 3.10. The average Bonchev–Trinajstić information content (AvgIpc) is 3.30. The number of rotatable bonds is 6. The molecule has 2 heterocycles. The smallest absolute Gasteiger partial charge is 0.340 e. The minimum Gasteiger partial charge on any atom is -0.340 e. The zero-order valence-corrected chi connectivity index (χ0v) is 17.2. The number of halogens is 3. The van der Waals surface area contributed by atoms with Crippen molar-refractivity contribution in [2.45, 2.75) is 24.8 Å². The molecule has 0 saturated carbocycles. The summed E-state index contributed by atoms with van der Waals surface area (Å²) < 4.78 is 41.1. The molecule has 0 atom stereocenters. The number of Topliss-reactive ketones (excluding diaryl/α,β-unsaturated/α-hetero) is 1. The molecule has 4 aromatic rings. The maximum absolute atomic E-state index is 13.3. The van der Waals surface area contributed by atoms with Gasteiger partial charge in [-0.05, 0) is 18.6 Å². The summed E-state index contributed by atoms with van der Waals surface area (Å²) in [4.78, 5) is 13.3. The maximum atomic E-state index is 13.3. The first-order valence-electron chi connectivity index (χ1n) is 9.43. The van der Waals surface area contributed by atoms with Crippen LogP contribution in [0.3, 0.4) is 0 Å². The minimum absolute atomic E-state index is 0.134. The van der Waals surface area contributed by atoms with Crippen LogP contribution in [0.4, 0.5) is 13.2 Å². The highest BCUT2D eigenvalue weighted by molar-refractivity contribution is 7.99. The fraction of sp³-hybridized carbons (Fsp3) is 0.190. The summed E-state index contributed by atoms with van der Waals surface area (Å²) in [5.74, 6) is 3.81. The summed E-state index contributed by atoms with van der Waals surface area (Å²) in [6.45, 7) is 2.65. The molecule has 0 fully saturated rings. The molecule has 2 aromatic carbocycles. The number of para-hydroxylation sites is 1. The molecule has 0 aliphatic heterocycles. The molecule has 0 aliphatic carbocycles. The molecule has 10 heteroatoms. The van der Waals surface area contributed by atoms with Gasteiger partial charge >= 0.3 is 6.18 Å². The van der Waals surface area contributed by atoms with Gasteiger partial charge in [-0.1, -0.05) is 60.3 Å². The number of hydrogen-bond donors (Lipinski definition) is 1. The molecular weight excluding hydrogens is 427 g/mol. The van der Waals surface area contributed by atoms with Crippen molar-refractivity contribution in [2.75, 3.05) is 11.6 Å². The number of nitrogens with two attached hydrogens (primary N) is 1. The van der Waals surface area contributed by atoms with Crippen molar-refractivity contribution >= 4 is 28.4 Å². The van der Waals surface area contributed by atoms with E-state index in [1.54, 1.807) is 0 Å². The summed E-state index contributed by atoms with van der Waals surface area (Å²) in [5, 5.41) is 7.19. The summed E-state index contributed by atoms with van der Waals surface area (Å²) in [6.07, 6.45) is -4.72. The van der Waals surface area contributed by atoms with Crippen LogP contribution in [0.25, 0.3) is 22.2 Å². The van der Waals surface area contributed by atoms with Crippen molar-refractivity contribution in [3.63, 3.8) is 0 Å². The third kappa shape index (κ3) is 3.78. The van der Waals surface area contributed by atoms with Crippen molar-refractivity contribution in [3.05, 3.63) is 66.0 Å². The molecule has 4 rings (SSSR count). The molecule has 160 valence electrons. The Kier molecular flexibility index (Phi) is 5.48. The van der Waals surface area contributed by atoms with E-state index >= 15 is 0 Å². The van der Waals surface area contributed by atoms with Crippen LogP contribution in [-0.2, 0) is 12.7 Å². The van der Waals surface area contributed by atoms with E-state index in [4.69, 9.17) is 5.84 Å². The number of aryl methyl sites for hydroxylation is 1. The fourth-order valence-corrected chi connectivity index (χ4v) is 4.31. The van der Waals surface area contributed by atoms with Crippen LogP contribution < -0.4 is 5.84 Å². The van der Waals surface area contributed by atoms with E-state index in [1.807, 2.05) is 61.5 Å². The second-order valence-electron chi connectivity index (χ2n) is 6.74. The number of nitrogen functional groups attached to an aromatic ring is 1. The van der Waals surface area contributed by atoms with E-state index in [9.17, 15) is 18.0 Å². The molecule has 0 aliphatic rings. The summed E-state index contributed by atoms with van der Waals surface area (Å²) in [7, 11) is 0. The highest BCUT2D eigenvalue weighted by Gasteiger charge is 2.38.